The van der Waals surface area contributed by atoms with Gasteiger partial charge >= 0.3 is 0 Å². The van der Waals surface area contributed by atoms with Gasteiger partial charge in [0.15, 0.2) is 0 Å². The van der Waals surface area contributed by atoms with Gasteiger partial charge in [-0.2, -0.15) is 0 Å². The van der Waals surface area contributed by atoms with E-state index in [0.29, 0.717) is 0 Å². The zero-order chi connectivity index (χ0) is 10.4. The van der Waals surface area contributed by atoms with Crippen molar-refractivity contribution in [3.05, 3.63) is 21.4 Å². The monoisotopic (exact) mass is 222 g/mol. The maximum absolute atomic E-state index is 12.0. The summed E-state index contributed by atoms with van der Waals surface area (Å²) in [4.78, 5) is 16.1. The summed E-state index contributed by atoms with van der Waals surface area (Å²) in [6.45, 7) is 1.45. The molecule has 2 heterocycles. The molecule has 0 aromatic carbocycles. The first-order valence-corrected chi connectivity index (χ1v) is 6.22. The molecule has 1 aliphatic carbocycles. The van der Waals surface area contributed by atoms with Crippen molar-refractivity contribution in [1.29, 1.82) is 0 Å². The number of hydrogen-bond acceptors (Lipinski definition) is 3. The molecule has 1 amide bonds. The second-order valence-electron chi connectivity index (χ2n) is 4.38. The third-order valence-electron chi connectivity index (χ3n) is 3.15. The number of nitrogens with zero attached hydrogens (tertiary/aromatic N) is 1. The van der Waals surface area contributed by atoms with E-state index in [9.17, 15) is 4.79 Å². The first kappa shape index (κ1) is 9.36. The largest absolute Gasteiger partial charge is 0.335 e. The number of hydrogen-bond donors (Lipinski definition) is 1. The van der Waals surface area contributed by atoms with E-state index < -0.39 is 0 Å². The van der Waals surface area contributed by atoms with Gasteiger partial charge in [0.05, 0.1) is 4.88 Å². The van der Waals surface area contributed by atoms with E-state index in [4.69, 9.17) is 5.73 Å². The fourth-order valence-electron chi connectivity index (χ4n) is 2.27. The van der Waals surface area contributed by atoms with Gasteiger partial charge in [0, 0.05) is 24.0 Å². The van der Waals surface area contributed by atoms with Gasteiger partial charge in [0.25, 0.3) is 5.91 Å². The van der Waals surface area contributed by atoms with Gasteiger partial charge in [-0.3, -0.25) is 4.79 Å². The Kier molecular flexibility index (Phi) is 2.07. The smallest absolute Gasteiger partial charge is 0.264 e. The molecule has 1 saturated heterocycles. The van der Waals surface area contributed by atoms with Gasteiger partial charge in [-0.25, -0.2) is 0 Å². The molecule has 1 aromatic heterocycles. The zero-order valence-corrected chi connectivity index (χ0v) is 9.35. The molecular weight excluding hydrogens is 208 g/mol. The Hall–Kier alpha value is -0.870. The number of likely N-dealkylation sites (tertiary alicyclic amines) is 1. The van der Waals surface area contributed by atoms with Gasteiger partial charge in [-0.05, 0) is 30.9 Å². The van der Waals surface area contributed by atoms with Crippen molar-refractivity contribution in [3.8, 4) is 0 Å². The van der Waals surface area contributed by atoms with Crippen molar-refractivity contribution < 1.29 is 4.79 Å². The second-order valence-corrected chi connectivity index (χ2v) is 5.52. The number of aryl methyl sites for hydroxylation is 2. The first-order chi connectivity index (χ1) is 7.24. The molecule has 4 heteroatoms. The maximum Gasteiger partial charge on any atom is 0.264 e. The Bertz CT molecular complexity index is 385. The Morgan fingerprint density at radius 1 is 1.47 bits per heavy atom. The van der Waals surface area contributed by atoms with Crippen LogP contribution in [0.5, 0.6) is 0 Å². The minimum Gasteiger partial charge on any atom is -0.335 e. The first-order valence-electron chi connectivity index (χ1n) is 5.40. The highest BCUT2D eigenvalue weighted by molar-refractivity contribution is 7.14. The SMILES string of the molecule is NC1CN(C(=O)c2cc3c(s2)CCC3)C1. The van der Waals surface area contributed by atoms with Crippen LogP contribution in [-0.4, -0.2) is 29.9 Å². The minimum atomic E-state index is 0.177. The maximum atomic E-state index is 12.0. The van der Waals surface area contributed by atoms with Crippen LogP contribution in [0.3, 0.4) is 0 Å². The fraction of sp³-hybridized carbons (Fsp3) is 0.545. The highest BCUT2D eigenvalue weighted by Crippen LogP contribution is 2.31. The molecule has 1 aliphatic heterocycles. The third kappa shape index (κ3) is 1.48. The molecule has 3 nitrogen and oxygen atoms in total. The van der Waals surface area contributed by atoms with Crippen LogP contribution in [0.15, 0.2) is 6.07 Å². The van der Waals surface area contributed by atoms with Gasteiger partial charge < -0.3 is 10.6 Å². The summed E-state index contributed by atoms with van der Waals surface area (Å²) in [5.74, 6) is 0.177. The molecule has 80 valence electrons. The molecule has 2 aliphatic rings. The van der Waals surface area contributed by atoms with Crippen molar-refractivity contribution >= 4 is 17.2 Å². The zero-order valence-electron chi connectivity index (χ0n) is 8.53. The summed E-state index contributed by atoms with van der Waals surface area (Å²) in [6, 6.07) is 2.28. The topological polar surface area (TPSA) is 46.3 Å². The molecular formula is C11H14N2OS. The van der Waals surface area contributed by atoms with Crippen LogP contribution in [0.4, 0.5) is 0 Å². The average molecular weight is 222 g/mol. The minimum absolute atomic E-state index is 0.177. The van der Waals surface area contributed by atoms with Gasteiger partial charge in [0.1, 0.15) is 0 Å². The van der Waals surface area contributed by atoms with E-state index in [1.165, 1.54) is 16.9 Å². The number of carbonyl (C=O) groups is 1. The Morgan fingerprint density at radius 3 is 2.93 bits per heavy atom. The summed E-state index contributed by atoms with van der Waals surface area (Å²) in [5.41, 5.74) is 7.06. The molecule has 0 saturated carbocycles. The quantitative estimate of drug-likeness (QED) is 0.771. The summed E-state index contributed by atoms with van der Waals surface area (Å²) in [7, 11) is 0. The lowest BCUT2D eigenvalue weighted by Crippen LogP contribution is -2.57. The van der Waals surface area contributed by atoms with Crippen LogP contribution in [0.25, 0.3) is 0 Å². The highest BCUT2D eigenvalue weighted by atomic mass is 32.1. The normalized spacial score (nSPS) is 20.2. The van der Waals surface area contributed by atoms with E-state index in [0.717, 1.165) is 30.8 Å². The van der Waals surface area contributed by atoms with Crippen LogP contribution < -0.4 is 5.73 Å². The van der Waals surface area contributed by atoms with Crippen molar-refractivity contribution in [2.45, 2.75) is 25.3 Å². The number of carbonyl (C=O) groups excluding carboxylic acids is 1. The average Bonchev–Trinajstić information content (AvgIpc) is 2.70. The van der Waals surface area contributed by atoms with E-state index in [2.05, 4.69) is 6.07 Å². The molecule has 3 rings (SSSR count). The Balaban J connectivity index is 1.78. The third-order valence-corrected chi connectivity index (χ3v) is 4.38. The Morgan fingerprint density at radius 2 is 2.27 bits per heavy atom. The van der Waals surface area contributed by atoms with E-state index >= 15 is 0 Å². The van der Waals surface area contributed by atoms with Crippen molar-refractivity contribution in [3.63, 3.8) is 0 Å². The van der Waals surface area contributed by atoms with Crippen LogP contribution in [0.2, 0.25) is 0 Å². The van der Waals surface area contributed by atoms with E-state index in [1.54, 1.807) is 11.3 Å². The molecule has 0 atom stereocenters. The summed E-state index contributed by atoms with van der Waals surface area (Å²) < 4.78 is 0. The highest BCUT2D eigenvalue weighted by Gasteiger charge is 2.30. The standard InChI is InChI=1S/C11H14N2OS/c12-8-5-13(6-8)11(14)10-4-7-2-1-3-9(7)15-10/h4,8H,1-3,5-6,12H2. The van der Waals surface area contributed by atoms with Crippen molar-refractivity contribution in [1.82, 2.24) is 4.90 Å². The number of thiophene rings is 1. The molecule has 0 bridgehead atoms. The summed E-state index contributed by atoms with van der Waals surface area (Å²) in [6.07, 6.45) is 3.57. The van der Waals surface area contributed by atoms with Crippen molar-refractivity contribution in [2.24, 2.45) is 5.73 Å². The van der Waals surface area contributed by atoms with Crippen LogP contribution >= 0.6 is 11.3 Å². The molecule has 0 spiro atoms. The summed E-state index contributed by atoms with van der Waals surface area (Å²) in [5, 5.41) is 0. The predicted molar refractivity (Wildman–Crippen MR) is 60.2 cm³/mol. The molecule has 0 radical (unpaired) electrons. The molecule has 1 aromatic rings. The van der Waals surface area contributed by atoms with Gasteiger partial charge in [-0.15, -0.1) is 11.3 Å². The lowest BCUT2D eigenvalue weighted by atomic mass is 10.1. The molecule has 1 fully saturated rings. The van der Waals surface area contributed by atoms with E-state index in [1.807, 2.05) is 4.90 Å². The molecule has 15 heavy (non-hydrogen) atoms. The van der Waals surface area contributed by atoms with E-state index in [-0.39, 0.29) is 11.9 Å². The molecule has 2 N–H and O–H groups in total. The molecule has 0 unspecified atom stereocenters. The predicted octanol–water partition coefficient (Wildman–Crippen LogP) is 1.02. The number of fused-ring (bicyclic) bond motifs is 1. The van der Waals surface area contributed by atoms with Gasteiger partial charge in [-0.1, -0.05) is 0 Å². The second kappa shape index (κ2) is 3.32. The lowest BCUT2D eigenvalue weighted by Gasteiger charge is -2.36. The fourth-order valence-corrected chi connectivity index (χ4v) is 3.49. The van der Waals surface area contributed by atoms with Crippen LogP contribution in [0, 0.1) is 0 Å². The van der Waals surface area contributed by atoms with Crippen molar-refractivity contribution in [2.75, 3.05) is 13.1 Å². The Labute approximate surface area is 92.9 Å². The number of amides is 1. The summed E-state index contributed by atoms with van der Waals surface area (Å²) >= 11 is 1.68. The van der Waals surface area contributed by atoms with Gasteiger partial charge in [0.2, 0.25) is 0 Å². The van der Waals surface area contributed by atoms with Crippen LogP contribution in [0.1, 0.15) is 26.5 Å². The lowest BCUT2D eigenvalue weighted by molar-refractivity contribution is 0.0613. The van der Waals surface area contributed by atoms with Crippen LogP contribution in [-0.2, 0) is 12.8 Å². The number of rotatable bonds is 1. The number of nitrogens with two attached hydrogens (primary N) is 1.